The van der Waals surface area contributed by atoms with E-state index in [4.69, 9.17) is 4.74 Å². The third-order valence-electron chi connectivity index (χ3n) is 3.28. The highest BCUT2D eigenvalue weighted by Crippen LogP contribution is 2.21. The number of benzene rings is 1. The molecular weight excluding hydrogens is 259 g/mol. The Kier molecular flexibility index (Phi) is 5.36. The minimum Gasteiger partial charge on any atom is -0.497 e. The predicted molar refractivity (Wildman–Crippen MR) is 78.5 cm³/mol. The van der Waals surface area contributed by atoms with Crippen LogP contribution in [0.4, 0.5) is 10.1 Å². The summed E-state index contributed by atoms with van der Waals surface area (Å²) in [7, 11) is 1.51. The minimum absolute atomic E-state index is 0.168. The molecule has 0 aliphatic carbocycles. The first-order chi connectivity index (χ1) is 9.29. The van der Waals surface area contributed by atoms with Crippen LogP contribution in [-0.4, -0.2) is 24.6 Å². The molecule has 1 aromatic carbocycles. The molecule has 4 nitrogen and oxygen atoms in total. The van der Waals surface area contributed by atoms with Gasteiger partial charge >= 0.3 is 0 Å². The van der Waals surface area contributed by atoms with Gasteiger partial charge in [0.2, 0.25) is 5.91 Å². The van der Waals surface area contributed by atoms with Crippen molar-refractivity contribution in [2.24, 2.45) is 0 Å². The van der Waals surface area contributed by atoms with E-state index in [1.807, 2.05) is 20.8 Å². The molecule has 20 heavy (non-hydrogen) atoms. The summed E-state index contributed by atoms with van der Waals surface area (Å²) in [6.07, 6.45) is 0.818. The Morgan fingerprint density at radius 3 is 2.65 bits per heavy atom. The number of carbonyl (C=O) groups is 1. The van der Waals surface area contributed by atoms with E-state index in [0.717, 1.165) is 6.42 Å². The minimum atomic E-state index is -0.539. The normalized spacial score (nSPS) is 12.7. The van der Waals surface area contributed by atoms with Crippen LogP contribution in [0.15, 0.2) is 18.2 Å². The SMILES string of the molecule is CCC(C)(C)NC(=O)C(C)Nc1cc(OC)ccc1F. The highest BCUT2D eigenvalue weighted by molar-refractivity contribution is 5.84. The van der Waals surface area contributed by atoms with Crippen molar-refractivity contribution >= 4 is 11.6 Å². The van der Waals surface area contributed by atoms with Gasteiger partial charge < -0.3 is 15.4 Å². The molecule has 0 radical (unpaired) electrons. The van der Waals surface area contributed by atoms with E-state index in [2.05, 4.69) is 10.6 Å². The first-order valence-electron chi connectivity index (χ1n) is 6.71. The number of anilines is 1. The number of methoxy groups -OCH3 is 1. The van der Waals surface area contributed by atoms with E-state index >= 15 is 0 Å². The van der Waals surface area contributed by atoms with Gasteiger partial charge in [0.05, 0.1) is 12.8 Å². The highest BCUT2D eigenvalue weighted by atomic mass is 19.1. The first-order valence-corrected chi connectivity index (χ1v) is 6.71. The molecule has 1 atom stereocenters. The molecule has 112 valence electrons. The zero-order valence-corrected chi connectivity index (χ0v) is 12.7. The van der Waals surface area contributed by atoms with Crippen LogP contribution in [0.3, 0.4) is 0 Å². The van der Waals surface area contributed by atoms with Gasteiger partial charge in [0, 0.05) is 11.6 Å². The van der Waals surface area contributed by atoms with Crippen LogP contribution in [0.5, 0.6) is 5.75 Å². The Morgan fingerprint density at radius 1 is 1.45 bits per heavy atom. The molecule has 0 heterocycles. The molecule has 0 spiro atoms. The van der Waals surface area contributed by atoms with Crippen LogP contribution in [-0.2, 0) is 4.79 Å². The summed E-state index contributed by atoms with van der Waals surface area (Å²) in [5.74, 6) is -0.0466. The number of nitrogens with one attached hydrogen (secondary N) is 2. The van der Waals surface area contributed by atoms with Crippen LogP contribution >= 0.6 is 0 Å². The van der Waals surface area contributed by atoms with Crippen molar-refractivity contribution in [3.63, 3.8) is 0 Å². The number of ether oxygens (including phenoxy) is 1. The van der Waals surface area contributed by atoms with Crippen LogP contribution in [0.1, 0.15) is 34.1 Å². The largest absolute Gasteiger partial charge is 0.497 e. The monoisotopic (exact) mass is 282 g/mol. The molecule has 1 rings (SSSR count). The van der Waals surface area contributed by atoms with Crippen molar-refractivity contribution in [3.05, 3.63) is 24.0 Å². The van der Waals surface area contributed by atoms with E-state index in [1.54, 1.807) is 6.92 Å². The number of carbonyl (C=O) groups excluding carboxylic acids is 1. The Labute approximate surface area is 119 Å². The molecule has 0 aliphatic heterocycles. The molecule has 1 unspecified atom stereocenters. The molecule has 2 N–H and O–H groups in total. The average molecular weight is 282 g/mol. The van der Waals surface area contributed by atoms with Gasteiger partial charge in [-0.1, -0.05) is 6.92 Å². The summed E-state index contributed by atoms with van der Waals surface area (Å²) in [5, 5.41) is 5.78. The second-order valence-electron chi connectivity index (χ2n) is 5.44. The molecule has 1 aromatic rings. The van der Waals surface area contributed by atoms with E-state index in [9.17, 15) is 9.18 Å². The van der Waals surface area contributed by atoms with Gasteiger partial charge in [-0.05, 0) is 39.3 Å². The smallest absolute Gasteiger partial charge is 0.242 e. The van der Waals surface area contributed by atoms with Crippen molar-refractivity contribution < 1.29 is 13.9 Å². The summed E-state index contributed by atoms with van der Waals surface area (Å²) >= 11 is 0. The number of halogens is 1. The van der Waals surface area contributed by atoms with Crippen LogP contribution in [0.2, 0.25) is 0 Å². The third-order valence-corrected chi connectivity index (χ3v) is 3.28. The Morgan fingerprint density at radius 2 is 2.10 bits per heavy atom. The van der Waals surface area contributed by atoms with Gasteiger partial charge in [-0.2, -0.15) is 0 Å². The lowest BCUT2D eigenvalue weighted by atomic mass is 10.0. The zero-order chi connectivity index (χ0) is 15.3. The average Bonchev–Trinajstić information content (AvgIpc) is 2.40. The maximum Gasteiger partial charge on any atom is 0.242 e. The summed E-state index contributed by atoms with van der Waals surface area (Å²) < 4.78 is 18.7. The summed E-state index contributed by atoms with van der Waals surface area (Å²) in [4.78, 5) is 12.1. The van der Waals surface area contributed by atoms with Crippen LogP contribution < -0.4 is 15.4 Å². The van der Waals surface area contributed by atoms with Crippen molar-refractivity contribution in [1.29, 1.82) is 0 Å². The number of hydrogen-bond donors (Lipinski definition) is 2. The van der Waals surface area contributed by atoms with Gasteiger partial charge in [0.25, 0.3) is 0 Å². The Balaban J connectivity index is 2.75. The maximum absolute atomic E-state index is 13.7. The van der Waals surface area contributed by atoms with Gasteiger partial charge in [-0.15, -0.1) is 0 Å². The lowest BCUT2D eigenvalue weighted by Gasteiger charge is -2.27. The van der Waals surface area contributed by atoms with E-state index in [0.29, 0.717) is 5.75 Å². The van der Waals surface area contributed by atoms with Gasteiger partial charge in [0.1, 0.15) is 17.6 Å². The molecular formula is C15H23FN2O2. The molecule has 0 aromatic heterocycles. The third kappa shape index (κ3) is 4.40. The predicted octanol–water partition coefficient (Wildman–Crippen LogP) is 2.94. The number of rotatable bonds is 6. The Hall–Kier alpha value is -1.78. The quantitative estimate of drug-likeness (QED) is 0.843. The zero-order valence-electron chi connectivity index (χ0n) is 12.7. The fourth-order valence-electron chi connectivity index (χ4n) is 1.57. The van der Waals surface area contributed by atoms with Gasteiger partial charge in [-0.25, -0.2) is 4.39 Å². The Bertz CT molecular complexity index is 475. The van der Waals surface area contributed by atoms with Crippen LogP contribution in [0, 0.1) is 5.82 Å². The molecule has 0 bridgehead atoms. The van der Waals surface area contributed by atoms with Crippen molar-refractivity contribution in [2.45, 2.75) is 45.7 Å². The van der Waals surface area contributed by atoms with E-state index < -0.39 is 11.9 Å². The first kappa shape index (κ1) is 16.3. The topological polar surface area (TPSA) is 50.4 Å². The highest BCUT2D eigenvalue weighted by Gasteiger charge is 2.22. The van der Waals surface area contributed by atoms with Crippen LogP contribution in [0.25, 0.3) is 0 Å². The molecule has 1 amide bonds. The van der Waals surface area contributed by atoms with Gasteiger partial charge in [0.15, 0.2) is 0 Å². The van der Waals surface area contributed by atoms with Crippen molar-refractivity contribution in [2.75, 3.05) is 12.4 Å². The lowest BCUT2D eigenvalue weighted by Crippen LogP contribution is -2.48. The molecule has 0 saturated carbocycles. The fraction of sp³-hybridized carbons (Fsp3) is 0.533. The fourth-order valence-corrected chi connectivity index (χ4v) is 1.57. The van der Waals surface area contributed by atoms with Crippen molar-refractivity contribution in [3.8, 4) is 5.75 Å². The molecule has 5 heteroatoms. The number of amides is 1. The van der Waals surface area contributed by atoms with E-state index in [-0.39, 0.29) is 17.1 Å². The molecule has 0 fully saturated rings. The summed E-state index contributed by atoms with van der Waals surface area (Å²) in [5.41, 5.74) is -0.0266. The maximum atomic E-state index is 13.7. The van der Waals surface area contributed by atoms with E-state index in [1.165, 1.54) is 25.3 Å². The standard InChI is InChI=1S/C15H23FN2O2/c1-6-15(3,4)18-14(19)10(2)17-13-9-11(20-5)7-8-12(13)16/h7-10,17H,6H2,1-5H3,(H,18,19). The second-order valence-corrected chi connectivity index (χ2v) is 5.44. The van der Waals surface area contributed by atoms with Gasteiger partial charge in [-0.3, -0.25) is 4.79 Å². The summed E-state index contributed by atoms with van der Waals surface area (Å²) in [6, 6.07) is 3.83. The summed E-state index contributed by atoms with van der Waals surface area (Å²) in [6.45, 7) is 7.59. The number of hydrogen-bond acceptors (Lipinski definition) is 3. The molecule has 0 aliphatic rings. The second kappa shape index (κ2) is 6.59. The lowest BCUT2D eigenvalue weighted by molar-refractivity contribution is -0.123. The van der Waals surface area contributed by atoms with Crippen molar-refractivity contribution in [1.82, 2.24) is 5.32 Å². The molecule has 0 saturated heterocycles.